The van der Waals surface area contributed by atoms with Gasteiger partial charge in [-0.2, -0.15) is 39.9 Å². The van der Waals surface area contributed by atoms with Crippen LogP contribution in [0.5, 0.6) is 93.0 Å². The molecule has 18 aromatic carbocycles. The highest BCUT2D eigenvalue weighted by molar-refractivity contribution is 6.26. The van der Waals surface area contributed by atoms with E-state index in [1.807, 2.05) is 169 Å². The molecule has 0 radical (unpaired) electrons. The summed E-state index contributed by atoms with van der Waals surface area (Å²) in [6.07, 6.45) is -0.416. The molecule has 0 bridgehead atoms. The van der Waals surface area contributed by atoms with Crippen LogP contribution in [-0.4, -0.2) is 147 Å². The van der Waals surface area contributed by atoms with Gasteiger partial charge in [0.1, 0.15) is 91.2 Å². The Bertz CT molecular complexity index is 8400. The van der Waals surface area contributed by atoms with Gasteiger partial charge in [0.05, 0.1) is 25.4 Å². The minimum absolute atomic E-state index is 0.0138. The predicted octanol–water partition coefficient (Wildman–Crippen LogP) is 22.6. The maximum Gasteiger partial charge on any atom is 0.320 e. The molecule has 22 rings (SSSR count). The third-order valence-corrected chi connectivity index (χ3v) is 22.7. The average molecular weight is 1800 g/mol. The zero-order valence-corrected chi connectivity index (χ0v) is 73.5. The highest BCUT2D eigenvalue weighted by Crippen LogP contribution is 2.48. The lowest BCUT2D eigenvalue weighted by Crippen LogP contribution is -2.10. The fraction of sp³-hybridized carbons (Fsp3) is 0.0926. The molecule has 4 aromatic heterocycles. The molecule has 4 heterocycles. The number of phenolic OH excluding ortho intramolecular Hbond substituents is 12. The zero-order chi connectivity index (χ0) is 94.4. The van der Waals surface area contributed by atoms with E-state index >= 15 is 0 Å². The number of hydrogen-bond acceptors (Lipinski definition) is 28. The van der Waals surface area contributed by atoms with E-state index in [1.165, 1.54) is 5.39 Å². The monoisotopic (exact) mass is 1800 g/mol. The lowest BCUT2D eigenvalue weighted by Gasteiger charge is -2.15. The highest BCUT2D eigenvalue weighted by atomic mass is 16.5. The molecule has 0 aliphatic rings. The molecule has 0 amide bonds. The summed E-state index contributed by atoms with van der Waals surface area (Å²) in [5.41, 5.74) is 2.96. The van der Waals surface area contributed by atoms with Crippen LogP contribution in [0.25, 0.3) is 199 Å². The summed E-state index contributed by atoms with van der Waals surface area (Å²) < 4.78 is 22.7. The quantitative estimate of drug-likeness (QED) is 0.0316. The van der Waals surface area contributed by atoms with Crippen molar-refractivity contribution in [3.63, 3.8) is 0 Å². The first-order chi connectivity index (χ1) is 65.8. The second kappa shape index (κ2) is 36.2. The van der Waals surface area contributed by atoms with E-state index in [0.717, 1.165) is 173 Å². The molecule has 670 valence electrons. The van der Waals surface area contributed by atoms with Crippen molar-refractivity contribution >= 4 is 108 Å². The topological polar surface area (TPSA) is 434 Å². The SMILES string of the molecule is CC(C)Oc1nc(-c2c(O)cc(O)cc2O)nc(-c2cc3c4ccccc4ccc3c3ccccc23)n1.CC(C)Oc1nc(-c2ccc3cc4ccccc4cc3c2)nc(-c2c(O)cc(O)cc2O)n1.CCOc1nc(-c2c(O)cc(O)cc2O)nc(-c2cc3ccccc3c3ccccc23)n1.CCOc1nc(-c2c(O)cc(O)cc2O)nc(-c2ccc3ccc4cccc5ccc2c3c45)n1. The first-order valence-electron chi connectivity index (χ1n) is 43.3. The van der Waals surface area contributed by atoms with E-state index in [0.29, 0.717) is 36.5 Å². The van der Waals surface area contributed by atoms with Crippen LogP contribution < -0.4 is 18.9 Å². The van der Waals surface area contributed by atoms with Crippen molar-refractivity contribution in [1.82, 2.24) is 59.8 Å². The summed E-state index contributed by atoms with van der Waals surface area (Å²) in [7, 11) is 0. The number of benzene rings is 18. The molecular formula is C108H82N12O16. The summed E-state index contributed by atoms with van der Waals surface area (Å²) in [4.78, 5) is 53.6. The lowest BCUT2D eigenvalue weighted by atomic mass is 9.92. The van der Waals surface area contributed by atoms with Crippen molar-refractivity contribution < 1.29 is 80.2 Å². The van der Waals surface area contributed by atoms with Gasteiger partial charge in [0.15, 0.2) is 46.6 Å². The molecule has 0 unspecified atom stereocenters. The number of aromatic hydroxyl groups is 12. The maximum atomic E-state index is 10.5. The van der Waals surface area contributed by atoms with Crippen LogP contribution >= 0.6 is 0 Å². The van der Waals surface area contributed by atoms with Crippen molar-refractivity contribution in [2.45, 2.75) is 53.8 Å². The molecular weight excluding hydrogens is 1720 g/mol. The van der Waals surface area contributed by atoms with Gasteiger partial charge in [-0.15, -0.1) is 0 Å². The standard InChI is InChI=1S/C30H23N3O4.C27H19N3O4.C26H21N3O4.C25H19N3O4/c1-16(2)37-30-32-28(31-29(33-30)27-25(35)13-18(34)14-26(27)36)24-15-23-19-8-4-3-7-17(19)11-12-22(23)20-9-5-6-10-21(20)24;1-2-34-27-29-25(28-26(30-27)24-20(32)12-17(31)13-21(24)33)19-11-9-16-7-6-14-4-3-5-15-8-10-18(19)23(16)22(14)15;1-14(2)33-26-28-24(27-25(29-26)23-21(31)12-20(30)13-22(23)32)18-8-7-17-9-15-5-3-4-6-16(15)10-19(17)11-18;1-2-32-25-27-23(26-24(28-25)22-20(30)12-15(29)13-21(22)31)19-11-14-7-3-4-8-16(14)17-9-5-6-10-18(17)19/h3-16,34-36H,1-2H3;3-13,31-33H,2H2,1H3;3-14,30-32H,1-2H3;3-13,29-31H,2H2,1H3. The Kier molecular flexibility index (Phi) is 23.2. The number of hydrogen-bond donors (Lipinski definition) is 12. The van der Waals surface area contributed by atoms with Gasteiger partial charge in [-0.05, 0) is 186 Å². The minimum Gasteiger partial charge on any atom is -0.508 e. The largest absolute Gasteiger partial charge is 0.508 e. The normalized spacial score (nSPS) is 11.4. The van der Waals surface area contributed by atoms with E-state index in [-0.39, 0.29) is 151 Å². The van der Waals surface area contributed by atoms with Crippen LogP contribution in [0, 0.1) is 0 Å². The van der Waals surface area contributed by atoms with Crippen LogP contribution in [0.3, 0.4) is 0 Å². The van der Waals surface area contributed by atoms with Crippen LogP contribution in [-0.2, 0) is 0 Å². The summed E-state index contributed by atoms with van der Waals surface area (Å²) in [6, 6.07) is 86.7. The molecule has 136 heavy (non-hydrogen) atoms. The summed E-state index contributed by atoms with van der Waals surface area (Å²) in [5, 5.41) is 144. The summed E-state index contributed by atoms with van der Waals surface area (Å²) in [6.45, 7) is 11.7. The van der Waals surface area contributed by atoms with Gasteiger partial charge in [-0.25, -0.2) is 19.9 Å². The second-order valence-corrected chi connectivity index (χ2v) is 32.5. The molecule has 22 aromatic rings. The van der Waals surface area contributed by atoms with E-state index in [9.17, 15) is 61.3 Å². The third-order valence-electron chi connectivity index (χ3n) is 22.7. The fourth-order valence-electron chi connectivity index (χ4n) is 16.9. The van der Waals surface area contributed by atoms with Gasteiger partial charge in [0, 0.05) is 70.8 Å². The zero-order valence-electron chi connectivity index (χ0n) is 73.5. The van der Waals surface area contributed by atoms with Gasteiger partial charge >= 0.3 is 24.0 Å². The van der Waals surface area contributed by atoms with Crippen molar-refractivity contribution in [2.24, 2.45) is 0 Å². The molecule has 28 nitrogen and oxygen atoms in total. The van der Waals surface area contributed by atoms with Crippen molar-refractivity contribution in [2.75, 3.05) is 13.2 Å². The minimum atomic E-state index is -0.362. The molecule has 0 saturated carbocycles. The Morgan fingerprint density at radius 2 is 0.522 bits per heavy atom. The van der Waals surface area contributed by atoms with Crippen LogP contribution in [0.15, 0.2) is 279 Å². The fourth-order valence-corrected chi connectivity index (χ4v) is 16.9. The van der Waals surface area contributed by atoms with E-state index in [1.54, 1.807) is 0 Å². The Morgan fingerprint density at radius 3 is 0.993 bits per heavy atom. The van der Waals surface area contributed by atoms with E-state index < -0.39 is 0 Å². The molecule has 0 aliphatic carbocycles. The molecule has 0 saturated heterocycles. The number of ether oxygens (including phenoxy) is 4. The van der Waals surface area contributed by atoms with Crippen molar-refractivity contribution in [3.8, 4) is 184 Å². The number of rotatable bonds is 16. The van der Waals surface area contributed by atoms with E-state index in [4.69, 9.17) is 18.9 Å². The van der Waals surface area contributed by atoms with Gasteiger partial charge in [-0.3, -0.25) is 0 Å². The summed E-state index contributed by atoms with van der Waals surface area (Å²) >= 11 is 0. The number of fused-ring (bicyclic) bond motifs is 10. The molecule has 28 heteroatoms. The molecule has 0 spiro atoms. The predicted molar refractivity (Wildman–Crippen MR) is 523 cm³/mol. The number of nitrogens with zero attached hydrogens (tertiary/aromatic N) is 12. The van der Waals surface area contributed by atoms with E-state index in [2.05, 4.69) is 163 Å². The third kappa shape index (κ3) is 17.2. The Balaban J connectivity index is 0.000000116. The van der Waals surface area contributed by atoms with Crippen LogP contribution in [0.2, 0.25) is 0 Å². The Morgan fingerprint density at radius 1 is 0.213 bits per heavy atom. The maximum absolute atomic E-state index is 10.5. The first kappa shape index (κ1) is 87.0. The average Bonchev–Trinajstić information content (AvgIpc) is 0.734. The lowest BCUT2D eigenvalue weighted by molar-refractivity contribution is 0.221. The molecule has 12 N–H and O–H groups in total. The molecule has 0 fully saturated rings. The molecule has 0 aliphatic heterocycles. The van der Waals surface area contributed by atoms with Gasteiger partial charge < -0.3 is 80.2 Å². The molecule has 0 atom stereocenters. The second-order valence-electron chi connectivity index (χ2n) is 32.5. The Hall–Kier alpha value is -18.3. The Labute approximate surface area is 773 Å². The van der Waals surface area contributed by atoms with Gasteiger partial charge in [0.25, 0.3) is 0 Å². The van der Waals surface area contributed by atoms with Crippen LogP contribution in [0.1, 0.15) is 41.5 Å². The smallest absolute Gasteiger partial charge is 0.320 e. The number of aromatic nitrogens is 12. The highest BCUT2D eigenvalue weighted by Gasteiger charge is 2.28. The van der Waals surface area contributed by atoms with Gasteiger partial charge in [0.2, 0.25) is 0 Å². The van der Waals surface area contributed by atoms with Crippen molar-refractivity contribution in [3.05, 3.63) is 279 Å². The number of phenols is 12. The van der Waals surface area contributed by atoms with Gasteiger partial charge in [-0.1, -0.05) is 194 Å². The van der Waals surface area contributed by atoms with Crippen molar-refractivity contribution in [1.29, 1.82) is 0 Å². The van der Waals surface area contributed by atoms with Crippen LogP contribution in [0.4, 0.5) is 0 Å². The summed E-state index contributed by atoms with van der Waals surface area (Å²) in [5.74, 6) is -2.48. The first-order valence-corrected chi connectivity index (χ1v) is 43.3.